The molecule has 0 aliphatic carbocycles. The number of likely N-dealkylation sites (tertiary alicyclic amines) is 1. The molecule has 0 atom stereocenters. The Kier molecular flexibility index (Phi) is 5.21. The average molecular weight is 402 g/mol. The molecule has 4 rings (SSSR count). The maximum Gasteiger partial charge on any atom is 0.321 e. The Labute approximate surface area is 165 Å². The molecular weight excluding hydrogens is 385 g/mol. The van der Waals surface area contributed by atoms with Crippen molar-refractivity contribution in [1.29, 1.82) is 0 Å². The minimum Gasteiger partial charge on any atom is -0.339 e. The van der Waals surface area contributed by atoms with Gasteiger partial charge < -0.3 is 14.7 Å². The van der Waals surface area contributed by atoms with Crippen molar-refractivity contribution in [2.75, 3.05) is 18.4 Å². The number of anilines is 1. The fraction of sp³-hybridized carbons (Fsp3) is 0.263. The molecule has 144 valence electrons. The Morgan fingerprint density at radius 2 is 2.07 bits per heavy atom. The van der Waals surface area contributed by atoms with Crippen molar-refractivity contribution in [3.8, 4) is 11.5 Å². The average Bonchev–Trinajstić information content (AvgIpc) is 3.21. The molecule has 0 unspecified atom stereocenters. The second-order valence-electron chi connectivity index (χ2n) is 6.49. The number of amides is 2. The van der Waals surface area contributed by atoms with Crippen LogP contribution in [0.1, 0.15) is 24.7 Å². The van der Waals surface area contributed by atoms with Gasteiger partial charge in [0.2, 0.25) is 11.7 Å². The smallest absolute Gasteiger partial charge is 0.321 e. The number of halogens is 2. The Morgan fingerprint density at radius 1 is 1.25 bits per heavy atom. The lowest BCUT2D eigenvalue weighted by Crippen LogP contribution is -2.40. The summed E-state index contributed by atoms with van der Waals surface area (Å²) in [5.74, 6) is 0.654. The van der Waals surface area contributed by atoms with Gasteiger partial charge in [-0.3, -0.25) is 4.98 Å². The fourth-order valence-corrected chi connectivity index (χ4v) is 3.33. The molecule has 0 saturated carbocycles. The van der Waals surface area contributed by atoms with Gasteiger partial charge in [0.1, 0.15) is 11.5 Å². The third kappa shape index (κ3) is 3.96. The summed E-state index contributed by atoms with van der Waals surface area (Å²) in [5, 5.41) is 6.88. The molecule has 3 aromatic rings. The number of benzene rings is 1. The molecule has 1 N–H and O–H groups in total. The highest BCUT2D eigenvalue weighted by Crippen LogP contribution is 2.29. The largest absolute Gasteiger partial charge is 0.339 e. The number of aromatic nitrogens is 3. The van der Waals surface area contributed by atoms with Gasteiger partial charge in [0, 0.05) is 25.2 Å². The van der Waals surface area contributed by atoms with Gasteiger partial charge in [-0.05, 0) is 43.2 Å². The summed E-state index contributed by atoms with van der Waals surface area (Å²) >= 11 is 5.96. The van der Waals surface area contributed by atoms with Crippen LogP contribution in [0.5, 0.6) is 0 Å². The van der Waals surface area contributed by atoms with Crippen molar-refractivity contribution in [3.63, 3.8) is 0 Å². The first kappa shape index (κ1) is 18.4. The predicted octanol–water partition coefficient (Wildman–Crippen LogP) is 4.34. The number of hydrogen-bond acceptors (Lipinski definition) is 5. The molecule has 28 heavy (non-hydrogen) atoms. The molecule has 1 saturated heterocycles. The SMILES string of the molecule is O=C(Nc1ccc(F)cc1Cl)N1CCC(c2nc(-c3ccccn3)no2)CC1. The number of carbonyl (C=O) groups is 1. The number of urea groups is 1. The predicted molar refractivity (Wildman–Crippen MR) is 102 cm³/mol. The van der Waals surface area contributed by atoms with Gasteiger partial charge in [-0.2, -0.15) is 4.98 Å². The van der Waals surface area contributed by atoms with E-state index in [4.69, 9.17) is 16.1 Å². The molecule has 1 aliphatic heterocycles. The molecule has 0 bridgehead atoms. The molecule has 1 aliphatic rings. The Hall–Kier alpha value is -3.00. The summed E-state index contributed by atoms with van der Waals surface area (Å²) in [6, 6.07) is 9.10. The Morgan fingerprint density at radius 3 is 2.79 bits per heavy atom. The summed E-state index contributed by atoms with van der Waals surface area (Å²) in [6.45, 7) is 1.08. The Balaban J connectivity index is 1.35. The lowest BCUT2D eigenvalue weighted by atomic mass is 9.97. The number of hydrogen-bond donors (Lipinski definition) is 1. The molecule has 2 amide bonds. The van der Waals surface area contributed by atoms with Gasteiger partial charge in [0.25, 0.3) is 0 Å². The molecule has 7 nitrogen and oxygen atoms in total. The standard InChI is InChI=1S/C19H17ClFN5O2/c20-14-11-13(21)4-5-15(14)23-19(27)26-9-6-12(7-10-26)18-24-17(25-28-18)16-3-1-2-8-22-16/h1-5,8,11-12H,6-7,9-10H2,(H,23,27). The zero-order valence-electron chi connectivity index (χ0n) is 14.8. The van der Waals surface area contributed by atoms with Crippen LogP contribution in [0.2, 0.25) is 5.02 Å². The van der Waals surface area contributed by atoms with Crippen molar-refractivity contribution in [2.45, 2.75) is 18.8 Å². The highest BCUT2D eigenvalue weighted by Gasteiger charge is 2.28. The number of nitrogens with one attached hydrogen (secondary N) is 1. The number of piperidine rings is 1. The zero-order chi connectivity index (χ0) is 19.5. The summed E-state index contributed by atoms with van der Waals surface area (Å²) in [7, 11) is 0. The van der Waals surface area contributed by atoms with E-state index in [9.17, 15) is 9.18 Å². The third-order valence-corrected chi connectivity index (χ3v) is 4.95. The molecule has 0 spiro atoms. The summed E-state index contributed by atoms with van der Waals surface area (Å²) in [5.41, 5.74) is 1.04. The van der Waals surface area contributed by atoms with Crippen LogP contribution in [0.3, 0.4) is 0 Å². The monoisotopic (exact) mass is 401 g/mol. The number of rotatable bonds is 3. The minimum atomic E-state index is -0.451. The van der Waals surface area contributed by atoms with E-state index < -0.39 is 5.82 Å². The number of pyridine rings is 1. The van der Waals surface area contributed by atoms with Crippen LogP contribution in [-0.4, -0.2) is 39.1 Å². The van der Waals surface area contributed by atoms with E-state index in [1.165, 1.54) is 12.1 Å². The lowest BCUT2D eigenvalue weighted by Gasteiger charge is -2.30. The van der Waals surface area contributed by atoms with Crippen LogP contribution < -0.4 is 5.32 Å². The minimum absolute atomic E-state index is 0.0865. The van der Waals surface area contributed by atoms with E-state index in [0.29, 0.717) is 49.0 Å². The summed E-state index contributed by atoms with van der Waals surface area (Å²) < 4.78 is 18.5. The van der Waals surface area contributed by atoms with E-state index in [2.05, 4.69) is 20.4 Å². The van der Waals surface area contributed by atoms with Gasteiger partial charge in [-0.1, -0.05) is 22.8 Å². The Bertz CT molecular complexity index is 973. The first-order valence-corrected chi connectivity index (χ1v) is 9.24. The molecule has 3 heterocycles. The topological polar surface area (TPSA) is 84.2 Å². The fourth-order valence-electron chi connectivity index (χ4n) is 3.11. The lowest BCUT2D eigenvalue weighted by molar-refractivity contribution is 0.187. The van der Waals surface area contributed by atoms with Gasteiger partial charge in [0.05, 0.1) is 10.7 Å². The van der Waals surface area contributed by atoms with Crippen LogP contribution in [0.15, 0.2) is 47.1 Å². The molecule has 1 aromatic carbocycles. The molecular formula is C19H17ClFN5O2. The van der Waals surface area contributed by atoms with Gasteiger partial charge in [-0.15, -0.1) is 0 Å². The first-order valence-electron chi connectivity index (χ1n) is 8.86. The van der Waals surface area contributed by atoms with Crippen molar-refractivity contribution >= 4 is 23.3 Å². The number of nitrogens with zero attached hydrogens (tertiary/aromatic N) is 4. The van der Waals surface area contributed by atoms with Gasteiger partial charge in [0.15, 0.2) is 0 Å². The third-order valence-electron chi connectivity index (χ3n) is 4.64. The van der Waals surface area contributed by atoms with Crippen molar-refractivity contribution < 1.29 is 13.7 Å². The van der Waals surface area contributed by atoms with E-state index in [0.717, 1.165) is 6.07 Å². The molecule has 9 heteroatoms. The second-order valence-corrected chi connectivity index (χ2v) is 6.89. The number of carbonyl (C=O) groups excluding carboxylic acids is 1. The molecule has 2 aromatic heterocycles. The van der Waals surface area contributed by atoms with Crippen LogP contribution in [0.25, 0.3) is 11.5 Å². The van der Waals surface area contributed by atoms with E-state index in [1.54, 1.807) is 11.1 Å². The zero-order valence-corrected chi connectivity index (χ0v) is 15.6. The van der Waals surface area contributed by atoms with Crippen molar-refractivity contribution in [1.82, 2.24) is 20.0 Å². The van der Waals surface area contributed by atoms with Crippen LogP contribution in [-0.2, 0) is 0 Å². The highest BCUT2D eigenvalue weighted by molar-refractivity contribution is 6.33. The van der Waals surface area contributed by atoms with Crippen molar-refractivity contribution in [3.05, 3.63) is 59.3 Å². The normalized spacial score (nSPS) is 14.9. The van der Waals surface area contributed by atoms with E-state index in [-0.39, 0.29) is 17.0 Å². The highest BCUT2D eigenvalue weighted by atomic mass is 35.5. The second kappa shape index (κ2) is 7.93. The van der Waals surface area contributed by atoms with E-state index in [1.807, 2.05) is 18.2 Å². The van der Waals surface area contributed by atoms with E-state index >= 15 is 0 Å². The van der Waals surface area contributed by atoms with Crippen LogP contribution in [0.4, 0.5) is 14.9 Å². The summed E-state index contributed by atoms with van der Waals surface area (Å²) in [6.07, 6.45) is 3.08. The van der Waals surface area contributed by atoms with Crippen LogP contribution in [0, 0.1) is 5.82 Å². The molecule has 1 fully saturated rings. The van der Waals surface area contributed by atoms with Crippen LogP contribution >= 0.6 is 11.6 Å². The summed E-state index contributed by atoms with van der Waals surface area (Å²) in [4.78, 5) is 22.8. The first-order chi connectivity index (χ1) is 13.6. The van der Waals surface area contributed by atoms with Gasteiger partial charge >= 0.3 is 6.03 Å². The maximum atomic E-state index is 13.1. The maximum absolute atomic E-state index is 13.1. The van der Waals surface area contributed by atoms with Crippen molar-refractivity contribution in [2.24, 2.45) is 0 Å². The quantitative estimate of drug-likeness (QED) is 0.705. The van der Waals surface area contributed by atoms with Gasteiger partial charge in [-0.25, -0.2) is 9.18 Å². The molecule has 0 radical (unpaired) electrons.